The summed E-state index contributed by atoms with van der Waals surface area (Å²) in [5.74, 6) is -0.0209. The molecule has 0 saturated carbocycles. The number of amidine groups is 1. The van der Waals surface area contributed by atoms with E-state index in [1.165, 1.54) is 11.8 Å². The Labute approximate surface area is 121 Å². The van der Waals surface area contributed by atoms with Crippen molar-refractivity contribution in [2.45, 2.75) is 37.9 Å². The number of aryl methyl sites for hydroxylation is 3. The van der Waals surface area contributed by atoms with E-state index in [-0.39, 0.29) is 5.84 Å². The second kappa shape index (κ2) is 5.54. The highest BCUT2D eigenvalue weighted by atomic mass is 32.2. The summed E-state index contributed by atoms with van der Waals surface area (Å²) in [5.41, 5.74) is 9.67. The minimum Gasteiger partial charge on any atom is -0.384 e. The van der Waals surface area contributed by atoms with Crippen LogP contribution >= 0.6 is 11.8 Å². The van der Waals surface area contributed by atoms with E-state index >= 15 is 0 Å². The molecule has 2 aromatic heterocycles. The summed E-state index contributed by atoms with van der Waals surface area (Å²) in [5, 5.41) is 17.1. The predicted octanol–water partition coefficient (Wildman–Crippen LogP) is 1.94. The maximum atomic E-state index is 7.72. The fourth-order valence-corrected chi connectivity index (χ4v) is 2.80. The number of hydrogen-bond donors (Lipinski definition) is 2. The van der Waals surface area contributed by atoms with Crippen molar-refractivity contribution in [3.05, 3.63) is 34.3 Å². The topological polar surface area (TPSA) is 101 Å². The molecule has 6 nitrogen and oxygen atoms in total. The zero-order valence-corrected chi connectivity index (χ0v) is 12.7. The lowest BCUT2D eigenvalue weighted by atomic mass is 10.1. The first-order valence-electron chi connectivity index (χ1n) is 6.07. The third kappa shape index (κ3) is 2.93. The molecule has 0 bridgehead atoms. The van der Waals surface area contributed by atoms with E-state index in [4.69, 9.17) is 11.1 Å². The number of nitrogen functional groups attached to an aromatic ring is 1. The maximum Gasteiger partial charge on any atom is 0.194 e. The van der Waals surface area contributed by atoms with Gasteiger partial charge in [-0.1, -0.05) is 0 Å². The average molecular weight is 288 g/mol. The lowest BCUT2D eigenvalue weighted by Crippen LogP contribution is -2.17. The van der Waals surface area contributed by atoms with Crippen molar-refractivity contribution in [3.63, 3.8) is 0 Å². The smallest absolute Gasteiger partial charge is 0.194 e. The van der Waals surface area contributed by atoms with Crippen molar-refractivity contribution in [1.82, 2.24) is 20.2 Å². The molecule has 0 unspecified atom stereocenters. The molecule has 0 fully saturated rings. The van der Waals surface area contributed by atoms with Gasteiger partial charge in [0, 0.05) is 11.4 Å². The minimum atomic E-state index is -0.0209. The molecule has 0 radical (unpaired) electrons. The Kier molecular flexibility index (Phi) is 3.99. The van der Waals surface area contributed by atoms with Gasteiger partial charge in [0.05, 0.1) is 11.3 Å². The molecule has 7 heteroatoms. The van der Waals surface area contributed by atoms with Gasteiger partial charge in [0.1, 0.15) is 10.9 Å². The standard InChI is InChI=1S/C13H16N6S/c1-6-5-7(2)17-13(16-6)20-12-10(11(14)15)8(3)9(4)18-19-12/h5H,1-4H3,(H3,14,15). The molecule has 2 rings (SSSR count). The van der Waals surface area contributed by atoms with Crippen molar-refractivity contribution < 1.29 is 0 Å². The van der Waals surface area contributed by atoms with Crippen LogP contribution in [0.5, 0.6) is 0 Å². The zero-order valence-electron chi connectivity index (χ0n) is 11.9. The summed E-state index contributed by atoms with van der Waals surface area (Å²) >= 11 is 1.28. The van der Waals surface area contributed by atoms with Crippen LogP contribution in [0.15, 0.2) is 16.2 Å². The van der Waals surface area contributed by atoms with Gasteiger partial charge in [-0.3, -0.25) is 5.41 Å². The van der Waals surface area contributed by atoms with Crippen molar-refractivity contribution in [1.29, 1.82) is 5.41 Å². The molecule has 20 heavy (non-hydrogen) atoms. The molecular weight excluding hydrogens is 272 g/mol. The van der Waals surface area contributed by atoms with E-state index in [0.717, 1.165) is 22.6 Å². The Hall–Kier alpha value is -2.02. The summed E-state index contributed by atoms with van der Waals surface area (Å²) in [4.78, 5) is 8.71. The summed E-state index contributed by atoms with van der Waals surface area (Å²) in [6.07, 6.45) is 0. The van der Waals surface area contributed by atoms with Gasteiger partial charge in [-0.2, -0.15) is 5.10 Å². The molecule has 0 aliphatic rings. The molecule has 0 saturated heterocycles. The van der Waals surface area contributed by atoms with Crippen LogP contribution in [-0.4, -0.2) is 26.0 Å². The quantitative estimate of drug-likeness (QED) is 0.508. The van der Waals surface area contributed by atoms with Gasteiger partial charge in [-0.05, 0) is 51.1 Å². The monoisotopic (exact) mass is 288 g/mol. The van der Waals surface area contributed by atoms with Crippen LogP contribution in [0.1, 0.15) is 28.2 Å². The Balaban J connectivity index is 2.48. The number of aromatic nitrogens is 4. The van der Waals surface area contributed by atoms with Gasteiger partial charge in [0.15, 0.2) is 5.16 Å². The fraction of sp³-hybridized carbons (Fsp3) is 0.308. The van der Waals surface area contributed by atoms with E-state index < -0.39 is 0 Å². The van der Waals surface area contributed by atoms with E-state index in [0.29, 0.717) is 15.7 Å². The molecule has 104 valence electrons. The predicted molar refractivity (Wildman–Crippen MR) is 78.2 cm³/mol. The van der Waals surface area contributed by atoms with Crippen LogP contribution in [0.3, 0.4) is 0 Å². The van der Waals surface area contributed by atoms with E-state index in [9.17, 15) is 0 Å². The number of nitrogens with two attached hydrogens (primary N) is 1. The van der Waals surface area contributed by atoms with Gasteiger partial charge in [-0.15, -0.1) is 5.10 Å². The summed E-state index contributed by atoms with van der Waals surface area (Å²) in [6.45, 7) is 7.55. The SMILES string of the molecule is Cc1cc(C)nc(Sc2nnc(C)c(C)c2C(=N)N)n1. The van der Waals surface area contributed by atoms with Crippen LogP contribution < -0.4 is 5.73 Å². The Morgan fingerprint density at radius 3 is 2.25 bits per heavy atom. The summed E-state index contributed by atoms with van der Waals surface area (Å²) in [7, 11) is 0. The Morgan fingerprint density at radius 2 is 1.70 bits per heavy atom. The summed E-state index contributed by atoms with van der Waals surface area (Å²) < 4.78 is 0. The molecule has 2 heterocycles. The molecule has 0 amide bonds. The maximum absolute atomic E-state index is 7.72. The first-order chi connectivity index (χ1) is 9.38. The number of hydrogen-bond acceptors (Lipinski definition) is 6. The third-order valence-corrected chi connectivity index (χ3v) is 3.69. The van der Waals surface area contributed by atoms with E-state index in [1.54, 1.807) is 0 Å². The first-order valence-corrected chi connectivity index (χ1v) is 6.88. The average Bonchev–Trinajstić information content (AvgIpc) is 2.32. The van der Waals surface area contributed by atoms with Crippen molar-refractivity contribution in [2.24, 2.45) is 5.73 Å². The molecule has 0 aromatic carbocycles. The second-order valence-corrected chi connectivity index (χ2v) is 5.50. The molecule has 0 spiro atoms. The first kappa shape index (κ1) is 14.4. The Morgan fingerprint density at radius 1 is 1.10 bits per heavy atom. The summed E-state index contributed by atoms with van der Waals surface area (Å²) in [6, 6.07) is 1.90. The highest BCUT2D eigenvalue weighted by molar-refractivity contribution is 7.99. The van der Waals surface area contributed by atoms with E-state index in [2.05, 4.69) is 20.2 Å². The van der Waals surface area contributed by atoms with Crippen molar-refractivity contribution in [2.75, 3.05) is 0 Å². The van der Waals surface area contributed by atoms with Crippen LogP contribution in [-0.2, 0) is 0 Å². The van der Waals surface area contributed by atoms with Gasteiger partial charge in [-0.25, -0.2) is 9.97 Å². The minimum absolute atomic E-state index is 0.0209. The van der Waals surface area contributed by atoms with Crippen LogP contribution in [0.4, 0.5) is 0 Å². The highest BCUT2D eigenvalue weighted by Crippen LogP contribution is 2.28. The Bertz CT molecular complexity index is 663. The molecule has 0 atom stereocenters. The highest BCUT2D eigenvalue weighted by Gasteiger charge is 2.16. The molecule has 0 aliphatic carbocycles. The third-order valence-electron chi connectivity index (χ3n) is 2.84. The largest absolute Gasteiger partial charge is 0.384 e. The van der Waals surface area contributed by atoms with Crippen LogP contribution in [0, 0.1) is 33.1 Å². The lowest BCUT2D eigenvalue weighted by Gasteiger charge is -2.10. The van der Waals surface area contributed by atoms with Crippen molar-refractivity contribution >= 4 is 17.6 Å². The molecular formula is C13H16N6S. The van der Waals surface area contributed by atoms with Gasteiger partial charge in [0.2, 0.25) is 0 Å². The molecule has 3 N–H and O–H groups in total. The second-order valence-electron chi connectivity index (χ2n) is 4.54. The molecule has 2 aromatic rings. The van der Waals surface area contributed by atoms with Gasteiger partial charge in [0.25, 0.3) is 0 Å². The number of rotatable bonds is 3. The number of nitrogens with zero attached hydrogens (tertiary/aromatic N) is 4. The lowest BCUT2D eigenvalue weighted by molar-refractivity contribution is 0.857. The van der Waals surface area contributed by atoms with Gasteiger partial charge >= 0.3 is 0 Å². The fourth-order valence-electron chi connectivity index (χ4n) is 1.80. The number of nitrogens with one attached hydrogen (secondary N) is 1. The van der Waals surface area contributed by atoms with Crippen LogP contribution in [0.2, 0.25) is 0 Å². The van der Waals surface area contributed by atoms with Gasteiger partial charge < -0.3 is 5.73 Å². The normalized spacial score (nSPS) is 10.6. The van der Waals surface area contributed by atoms with E-state index in [1.807, 2.05) is 33.8 Å². The molecule has 0 aliphatic heterocycles. The van der Waals surface area contributed by atoms with Crippen molar-refractivity contribution in [3.8, 4) is 0 Å². The van der Waals surface area contributed by atoms with Crippen LogP contribution in [0.25, 0.3) is 0 Å². The zero-order chi connectivity index (χ0) is 14.9.